The van der Waals surface area contributed by atoms with E-state index in [4.69, 9.17) is 0 Å². The van der Waals surface area contributed by atoms with Crippen LogP contribution < -0.4 is 15.5 Å². The van der Waals surface area contributed by atoms with Gasteiger partial charge in [0.1, 0.15) is 6.04 Å². The van der Waals surface area contributed by atoms with Crippen molar-refractivity contribution in [1.29, 1.82) is 0 Å². The Morgan fingerprint density at radius 1 is 1.43 bits per heavy atom. The summed E-state index contributed by atoms with van der Waals surface area (Å²) in [6.45, 7) is 6.96. The summed E-state index contributed by atoms with van der Waals surface area (Å²) >= 11 is 3.56. The molecule has 2 amide bonds. The van der Waals surface area contributed by atoms with Crippen LogP contribution in [0.25, 0.3) is 0 Å². The lowest BCUT2D eigenvalue weighted by Gasteiger charge is -2.33. The Hall–Kier alpha value is -1.40. The van der Waals surface area contributed by atoms with Crippen LogP contribution in [0.5, 0.6) is 0 Å². The topological polar surface area (TPSA) is 61.4 Å². The number of imide groups is 1. The molecular weight excluding hydrogens is 334 g/mol. The van der Waals surface area contributed by atoms with Crippen molar-refractivity contribution in [1.82, 2.24) is 10.6 Å². The summed E-state index contributed by atoms with van der Waals surface area (Å²) in [4.78, 5) is 25.1. The fourth-order valence-corrected chi connectivity index (χ4v) is 2.71. The maximum atomic E-state index is 11.7. The minimum absolute atomic E-state index is 0.197. The summed E-state index contributed by atoms with van der Waals surface area (Å²) in [6.07, 6.45) is 0. The summed E-state index contributed by atoms with van der Waals surface area (Å²) in [5.41, 5.74) is 2.01. The molecule has 1 aromatic rings. The van der Waals surface area contributed by atoms with Gasteiger partial charge in [-0.05, 0) is 24.6 Å². The normalized spacial score (nSPS) is 19.1. The van der Waals surface area contributed by atoms with E-state index in [1.807, 2.05) is 23.1 Å². The van der Waals surface area contributed by atoms with Crippen molar-refractivity contribution in [2.75, 3.05) is 11.4 Å². The van der Waals surface area contributed by atoms with E-state index >= 15 is 0 Å². The minimum atomic E-state index is -0.353. The number of rotatable bonds is 4. The van der Waals surface area contributed by atoms with E-state index in [1.165, 1.54) is 0 Å². The molecule has 0 aliphatic carbocycles. The van der Waals surface area contributed by atoms with Gasteiger partial charge in [-0.1, -0.05) is 35.8 Å². The van der Waals surface area contributed by atoms with Crippen LogP contribution in [-0.4, -0.2) is 30.4 Å². The van der Waals surface area contributed by atoms with E-state index < -0.39 is 0 Å². The summed E-state index contributed by atoms with van der Waals surface area (Å²) in [5, 5.41) is 5.71. The van der Waals surface area contributed by atoms with Crippen LogP contribution in [-0.2, 0) is 16.1 Å². The highest BCUT2D eigenvalue weighted by molar-refractivity contribution is 9.10. The molecule has 21 heavy (non-hydrogen) atoms. The summed E-state index contributed by atoms with van der Waals surface area (Å²) in [6, 6.07) is 5.98. The van der Waals surface area contributed by atoms with Crippen molar-refractivity contribution in [2.24, 2.45) is 0 Å². The molecule has 1 aliphatic rings. The second-order valence-electron chi connectivity index (χ2n) is 5.53. The lowest BCUT2D eigenvalue weighted by atomic mass is 10.1. The van der Waals surface area contributed by atoms with Gasteiger partial charge in [-0.15, -0.1) is 0 Å². The predicted molar refractivity (Wildman–Crippen MR) is 86.1 cm³/mol. The molecular formula is C15H20BrN3O2. The Kier molecular flexibility index (Phi) is 5.00. The van der Waals surface area contributed by atoms with E-state index in [2.05, 4.69) is 40.4 Å². The summed E-state index contributed by atoms with van der Waals surface area (Å²) in [7, 11) is 0. The zero-order chi connectivity index (χ0) is 15.6. The Morgan fingerprint density at radius 3 is 2.76 bits per heavy atom. The lowest BCUT2D eigenvalue weighted by molar-refractivity contribution is -0.132. The first-order valence-electron chi connectivity index (χ1n) is 7.00. The van der Waals surface area contributed by atoms with Crippen LogP contribution in [0.4, 0.5) is 5.69 Å². The summed E-state index contributed by atoms with van der Waals surface area (Å²) < 4.78 is 0.971. The van der Waals surface area contributed by atoms with Crippen LogP contribution in [0.2, 0.25) is 0 Å². The third-order valence-electron chi connectivity index (χ3n) is 3.49. The zero-order valence-corrected chi connectivity index (χ0v) is 14.0. The van der Waals surface area contributed by atoms with Gasteiger partial charge in [0.05, 0.1) is 6.54 Å². The molecule has 0 bridgehead atoms. The van der Waals surface area contributed by atoms with E-state index in [1.54, 1.807) is 6.92 Å². The van der Waals surface area contributed by atoms with Gasteiger partial charge in [0.15, 0.2) is 0 Å². The van der Waals surface area contributed by atoms with Crippen LogP contribution >= 0.6 is 15.9 Å². The van der Waals surface area contributed by atoms with E-state index in [9.17, 15) is 9.59 Å². The van der Waals surface area contributed by atoms with Gasteiger partial charge in [-0.2, -0.15) is 0 Å². The first kappa shape index (κ1) is 16.0. The van der Waals surface area contributed by atoms with Gasteiger partial charge in [0.2, 0.25) is 11.8 Å². The highest BCUT2D eigenvalue weighted by Gasteiger charge is 2.30. The quantitative estimate of drug-likeness (QED) is 0.810. The maximum Gasteiger partial charge on any atom is 0.249 e. The Morgan fingerprint density at radius 2 is 2.14 bits per heavy atom. The van der Waals surface area contributed by atoms with E-state index in [-0.39, 0.29) is 24.4 Å². The van der Waals surface area contributed by atoms with Crippen molar-refractivity contribution >= 4 is 33.4 Å². The standard InChI is InChI=1S/C15H20BrN3O2/c1-9(2)17-7-11-4-5-12(6-13(11)16)19-8-14(20)18-15(21)10(19)3/h4-6,9-10,17H,7-8H2,1-3H3,(H,18,20,21). The molecule has 2 rings (SSSR count). The van der Waals surface area contributed by atoms with Crippen LogP contribution in [0.1, 0.15) is 26.3 Å². The van der Waals surface area contributed by atoms with Gasteiger partial charge in [0.25, 0.3) is 0 Å². The number of hydrogen-bond acceptors (Lipinski definition) is 4. The zero-order valence-electron chi connectivity index (χ0n) is 12.4. The molecule has 2 N–H and O–H groups in total. The van der Waals surface area contributed by atoms with Gasteiger partial charge in [-0.25, -0.2) is 0 Å². The van der Waals surface area contributed by atoms with Crippen LogP contribution in [0, 0.1) is 0 Å². The smallest absolute Gasteiger partial charge is 0.249 e. The molecule has 1 atom stereocenters. The predicted octanol–water partition coefficient (Wildman–Crippen LogP) is 1.80. The van der Waals surface area contributed by atoms with Gasteiger partial charge < -0.3 is 10.2 Å². The molecule has 0 saturated carbocycles. The molecule has 0 aromatic heterocycles. The molecule has 5 nitrogen and oxygen atoms in total. The number of piperazine rings is 1. The molecule has 1 aromatic carbocycles. The highest BCUT2D eigenvalue weighted by atomic mass is 79.9. The highest BCUT2D eigenvalue weighted by Crippen LogP contribution is 2.26. The number of carbonyl (C=O) groups is 2. The number of halogens is 1. The number of nitrogens with one attached hydrogen (secondary N) is 2. The molecule has 1 saturated heterocycles. The van der Waals surface area contributed by atoms with Crippen LogP contribution in [0.3, 0.4) is 0 Å². The second kappa shape index (κ2) is 6.58. The molecule has 1 heterocycles. The Balaban J connectivity index is 2.19. The molecule has 1 fully saturated rings. The van der Waals surface area contributed by atoms with Crippen molar-refractivity contribution in [3.8, 4) is 0 Å². The average molecular weight is 354 g/mol. The van der Waals surface area contributed by atoms with Crippen LogP contribution in [0.15, 0.2) is 22.7 Å². The van der Waals surface area contributed by atoms with E-state index in [0.717, 1.165) is 22.3 Å². The van der Waals surface area contributed by atoms with Gasteiger partial charge in [-0.3, -0.25) is 14.9 Å². The molecule has 6 heteroatoms. The third kappa shape index (κ3) is 3.83. The Bertz CT molecular complexity index is 560. The summed E-state index contributed by atoms with van der Waals surface area (Å²) in [5.74, 6) is -0.521. The fraction of sp³-hybridized carbons (Fsp3) is 0.467. The number of benzene rings is 1. The first-order chi connectivity index (χ1) is 9.88. The maximum absolute atomic E-state index is 11.7. The first-order valence-corrected chi connectivity index (χ1v) is 7.80. The number of hydrogen-bond donors (Lipinski definition) is 2. The van der Waals surface area contributed by atoms with Gasteiger partial charge >= 0.3 is 0 Å². The van der Waals surface area contributed by atoms with Crippen molar-refractivity contribution in [2.45, 2.75) is 39.4 Å². The molecule has 0 radical (unpaired) electrons. The Labute approximate surface area is 133 Å². The SMILES string of the molecule is CC(C)NCc1ccc(N2CC(=O)NC(=O)C2C)cc1Br. The molecule has 0 spiro atoms. The number of carbonyl (C=O) groups excluding carboxylic acids is 2. The van der Waals surface area contributed by atoms with Crippen molar-refractivity contribution in [3.05, 3.63) is 28.2 Å². The monoisotopic (exact) mass is 353 g/mol. The second-order valence-corrected chi connectivity index (χ2v) is 6.38. The third-order valence-corrected chi connectivity index (χ3v) is 4.23. The minimum Gasteiger partial charge on any atom is -0.350 e. The van der Waals surface area contributed by atoms with Crippen molar-refractivity contribution < 1.29 is 9.59 Å². The van der Waals surface area contributed by atoms with E-state index in [0.29, 0.717) is 6.04 Å². The molecule has 1 aliphatic heterocycles. The number of nitrogens with zero attached hydrogens (tertiary/aromatic N) is 1. The number of amides is 2. The molecule has 114 valence electrons. The lowest BCUT2D eigenvalue weighted by Crippen LogP contribution is -2.57. The van der Waals surface area contributed by atoms with Crippen molar-refractivity contribution in [3.63, 3.8) is 0 Å². The average Bonchev–Trinajstić information content (AvgIpc) is 2.41. The largest absolute Gasteiger partial charge is 0.350 e. The fourth-order valence-electron chi connectivity index (χ4n) is 2.20. The number of anilines is 1. The van der Waals surface area contributed by atoms with Gasteiger partial charge in [0, 0.05) is 22.7 Å². The molecule has 1 unspecified atom stereocenters.